The highest BCUT2D eigenvalue weighted by Gasteiger charge is 2.29. The summed E-state index contributed by atoms with van der Waals surface area (Å²) in [5.41, 5.74) is 3.11. The summed E-state index contributed by atoms with van der Waals surface area (Å²) in [6.45, 7) is 5.52. The first-order chi connectivity index (χ1) is 16.6. The van der Waals surface area contributed by atoms with Crippen LogP contribution in [0.2, 0.25) is 0 Å². The smallest absolute Gasteiger partial charge is 0.246 e. The fraction of sp³-hybridized carbons (Fsp3) is 0.500. The lowest BCUT2D eigenvalue weighted by Crippen LogP contribution is -2.52. The van der Waals surface area contributed by atoms with Crippen molar-refractivity contribution in [1.29, 1.82) is 0 Å². The Labute approximate surface area is 209 Å². The van der Waals surface area contributed by atoms with Gasteiger partial charge in [0.15, 0.2) is 0 Å². The van der Waals surface area contributed by atoms with E-state index in [2.05, 4.69) is 25.7 Å². The second-order valence-corrected chi connectivity index (χ2v) is 10.2. The van der Waals surface area contributed by atoms with Crippen molar-refractivity contribution in [3.8, 4) is 5.75 Å². The second kappa shape index (κ2) is 10.4. The lowest BCUT2D eigenvalue weighted by molar-refractivity contribution is -0.125. The lowest BCUT2D eigenvalue weighted by atomic mass is 9.91. The number of methoxy groups -OCH3 is 1. The van der Waals surface area contributed by atoms with Gasteiger partial charge in [-0.3, -0.25) is 9.69 Å². The number of fused-ring (bicyclic) bond motifs is 1. The summed E-state index contributed by atoms with van der Waals surface area (Å²) in [5, 5.41) is 0. The van der Waals surface area contributed by atoms with E-state index in [0.717, 1.165) is 78.1 Å². The molecule has 180 valence electrons. The summed E-state index contributed by atoms with van der Waals surface area (Å²) in [4.78, 5) is 29.4. The summed E-state index contributed by atoms with van der Waals surface area (Å²) in [5.74, 6) is 1.59. The number of rotatable bonds is 5. The quantitative estimate of drug-likeness (QED) is 0.556. The van der Waals surface area contributed by atoms with E-state index >= 15 is 0 Å². The molecule has 34 heavy (non-hydrogen) atoms. The predicted octanol–water partition coefficient (Wildman–Crippen LogP) is 3.56. The van der Waals surface area contributed by atoms with E-state index in [1.54, 1.807) is 13.2 Å². The number of hydrogen-bond acceptors (Lipinski definition) is 6. The molecule has 1 saturated carbocycles. The van der Waals surface area contributed by atoms with Gasteiger partial charge in [0.1, 0.15) is 5.75 Å². The van der Waals surface area contributed by atoms with E-state index in [4.69, 9.17) is 14.7 Å². The Morgan fingerprint density at radius 1 is 1.12 bits per heavy atom. The zero-order chi connectivity index (χ0) is 23.5. The molecule has 7 nitrogen and oxygen atoms in total. The number of anilines is 1. The van der Waals surface area contributed by atoms with Gasteiger partial charge in [0.25, 0.3) is 0 Å². The Morgan fingerprint density at radius 3 is 2.65 bits per heavy atom. The van der Waals surface area contributed by atoms with Crippen molar-refractivity contribution in [3.05, 3.63) is 51.8 Å². The van der Waals surface area contributed by atoms with Crippen LogP contribution >= 0.6 is 15.9 Å². The van der Waals surface area contributed by atoms with Crippen LogP contribution in [0.4, 0.5) is 5.95 Å². The first-order valence-electron chi connectivity index (χ1n) is 12.2. The van der Waals surface area contributed by atoms with Crippen molar-refractivity contribution < 1.29 is 9.53 Å². The fourth-order valence-corrected chi connectivity index (χ4v) is 5.36. The number of benzene rings is 1. The molecule has 2 aliphatic heterocycles. The molecule has 1 aromatic heterocycles. The van der Waals surface area contributed by atoms with E-state index in [-0.39, 0.29) is 5.91 Å². The molecule has 5 rings (SSSR count). The third-order valence-electron chi connectivity index (χ3n) is 7.31. The number of aromatic nitrogens is 2. The van der Waals surface area contributed by atoms with Crippen LogP contribution in [0.25, 0.3) is 6.08 Å². The largest absolute Gasteiger partial charge is 0.496 e. The van der Waals surface area contributed by atoms with E-state index in [0.29, 0.717) is 13.1 Å². The van der Waals surface area contributed by atoms with Crippen LogP contribution < -0.4 is 9.64 Å². The zero-order valence-corrected chi connectivity index (χ0v) is 21.3. The summed E-state index contributed by atoms with van der Waals surface area (Å²) >= 11 is 3.48. The highest BCUT2D eigenvalue weighted by atomic mass is 79.9. The lowest BCUT2D eigenvalue weighted by Gasteiger charge is -2.43. The van der Waals surface area contributed by atoms with Crippen molar-refractivity contribution >= 4 is 33.9 Å². The minimum atomic E-state index is 0.00938. The van der Waals surface area contributed by atoms with Crippen LogP contribution in [-0.4, -0.2) is 78.1 Å². The summed E-state index contributed by atoms with van der Waals surface area (Å²) in [6.07, 6.45) is 11.1. The maximum absolute atomic E-state index is 12.9. The number of halogens is 1. The van der Waals surface area contributed by atoms with Gasteiger partial charge in [-0.2, -0.15) is 0 Å². The first kappa shape index (κ1) is 23.3. The van der Waals surface area contributed by atoms with Crippen LogP contribution in [0.15, 0.2) is 34.9 Å². The summed E-state index contributed by atoms with van der Waals surface area (Å²) in [7, 11) is 1.64. The van der Waals surface area contributed by atoms with E-state index in [1.807, 2.05) is 35.4 Å². The third-order valence-corrected chi connectivity index (χ3v) is 7.80. The molecule has 2 fully saturated rings. The molecule has 8 heteroatoms. The Morgan fingerprint density at radius 2 is 1.91 bits per heavy atom. The van der Waals surface area contributed by atoms with Crippen molar-refractivity contribution in [3.63, 3.8) is 0 Å². The fourth-order valence-electron chi connectivity index (χ4n) is 4.98. The molecule has 1 amide bonds. The van der Waals surface area contributed by atoms with E-state index in [9.17, 15) is 4.79 Å². The molecule has 3 heterocycles. The van der Waals surface area contributed by atoms with Crippen molar-refractivity contribution in [2.75, 3.05) is 51.3 Å². The number of amides is 1. The molecule has 0 atom stereocenters. The van der Waals surface area contributed by atoms with Crippen LogP contribution in [0.1, 0.15) is 36.1 Å². The average Bonchev–Trinajstić information content (AvgIpc) is 3.04. The maximum Gasteiger partial charge on any atom is 0.246 e. The number of carbonyl (C=O) groups is 1. The van der Waals surface area contributed by atoms with Crippen LogP contribution in [0, 0.1) is 0 Å². The van der Waals surface area contributed by atoms with Gasteiger partial charge in [-0.1, -0.05) is 22.4 Å². The van der Waals surface area contributed by atoms with Gasteiger partial charge in [-0.05, 0) is 49.1 Å². The van der Waals surface area contributed by atoms with Crippen molar-refractivity contribution in [2.24, 2.45) is 0 Å². The third kappa shape index (κ3) is 5.13. The second-order valence-electron chi connectivity index (χ2n) is 9.29. The SMILES string of the molecule is COc1ccc(Br)cc1C=CC(=O)N1CCc2cnc(N3CCN(C4CCC4)CC3)nc2CC1. The zero-order valence-electron chi connectivity index (χ0n) is 19.8. The molecule has 3 aliphatic rings. The molecule has 0 radical (unpaired) electrons. The minimum Gasteiger partial charge on any atom is -0.496 e. The molecular weight excluding hydrogens is 494 g/mol. The van der Waals surface area contributed by atoms with Crippen LogP contribution in [0.3, 0.4) is 0 Å². The number of nitrogens with zero attached hydrogens (tertiary/aromatic N) is 5. The Hall–Kier alpha value is -2.45. The van der Waals surface area contributed by atoms with Gasteiger partial charge in [0.05, 0.1) is 12.8 Å². The molecule has 1 saturated heterocycles. The number of carbonyl (C=O) groups excluding carboxylic acids is 1. The Kier molecular flexibility index (Phi) is 7.15. The van der Waals surface area contributed by atoms with Gasteiger partial charge in [0, 0.05) is 74.0 Å². The van der Waals surface area contributed by atoms with Crippen LogP contribution in [-0.2, 0) is 17.6 Å². The summed E-state index contributed by atoms with van der Waals surface area (Å²) in [6, 6.07) is 6.56. The van der Waals surface area contributed by atoms with Gasteiger partial charge in [0.2, 0.25) is 11.9 Å². The van der Waals surface area contributed by atoms with Gasteiger partial charge >= 0.3 is 0 Å². The number of ether oxygens (including phenoxy) is 1. The molecule has 1 aromatic carbocycles. The highest BCUT2D eigenvalue weighted by molar-refractivity contribution is 9.10. The van der Waals surface area contributed by atoms with Gasteiger partial charge < -0.3 is 14.5 Å². The molecule has 0 bridgehead atoms. The molecule has 2 aromatic rings. The topological polar surface area (TPSA) is 61.8 Å². The summed E-state index contributed by atoms with van der Waals surface area (Å²) < 4.78 is 6.36. The molecule has 0 N–H and O–H groups in total. The monoisotopic (exact) mass is 525 g/mol. The molecule has 0 unspecified atom stereocenters. The molecule has 1 aliphatic carbocycles. The Balaban J connectivity index is 1.20. The average molecular weight is 526 g/mol. The van der Waals surface area contributed by atoms with E-state index in [1.165, 1.54) is 19.3 Å². The van der Waals surface area contributed by atoms with Crippen molar-refractivity contribution in [1.82, 2.24) is 19.8 Å². The van der Waals surface area contributed by atoms with E-state index < -0.39 is 0 Å². The standard InChI is InChI=1S/C26H32BrN5O2/c1-34-24-7-6-21(27)17-19(24)5-8-25(33)31-11-9-20-18-28-26(29-23(20)10-12-31)32-15-13-30(14-16-32)22-3-2-4-22/h5-8,17-18,22H,2-4,9-16H2,1H3. The molecular formula is C26H32BrN5O2. The normalized spacial score (nSPS) is 19.6. The van der Waals surface area contributed by atoms with Crippen LogP contribution in [0.5, 0.6) is 5.75 Å². The highest BCUT2D eigenvalue weighted by Crippen LogP contribution is 2.27. The molecule has 0 spiro atoms. The minimum absolute atomic E-state index is 0.00938. The van der Waals surface area contributed by atoms with Gasteiger partial charge in [-0.15, -0.1) is 0 Å². The number of piperazine rings is 1. The predicted molar refractivity (Wildman–Crippen MR) is 137 cm³/mol. The number of hydrogen-bond donors (Lipinski definition) is 0. The van der Waals surface area contributed by atoms with Crippen molar-refractivity contribution in [2.45, 2.75) is 38.1 Å². The first-order valence-corrected chi connectivity index (χ1v) is 13.0. The Bertz CT molecular complexity index is 1060. The maximum atomic E-state index is 12.9. The van der Waals surface area contributed by atoms with Gasteiger partial charge in [-0.25, -0.2) is 9.97 Å².